The van der Waals surface area contributed by atoms with Gasteiger partial charge in [-0.15, -0.1) is 0 Å². The average Bonchev–Trinajstić information content (AvgIpc) is 2.52. The van der Waals surface area contributed by atoms with Crippen molar-refractivity contribution in [1.29, 1.82) is 0 Å². The number of carbonyl (C=O) groups excluding carboxylic acids is 1. The summed E-state index contributed by atoms with van der Waals surface area (Å²) in [5.74, 6) is -1.30. The van der Waals surface area contributed by atoms with Crippen molar-refractivity contribution in [3.63, 3.8) is 0 Å². The second-order valence-corrected chi connectivity index (χ2v) is 5.53. The van der Waals surface area contributed by atoms with Crippen LogP contribution in [0.15, 0.2) is 42.7 Å². The molecule has 0 bridgehead atoms. The van der Waals surface area contributed by atoms with Crippen molar-refractivity contribution < 1.29 is 38.7 Å². The molecule has 1 rings (SSSR count). The summed E-state index contributed by atoms with van der Waals surface area (Å²) in [5, 5.41) is 8.45. The van der Waals surface area contributed by atoms with E-state index in [1.54, 1.807) is 13.8 Å². The van der Waals surface area contributed by atoms with Gasteiger partial charge in [0, 0.05) is 0 Å². The van der Waals surface area contributed by atoms with E-state index < -0.39 is 30.3 Å². The Labute approximate surface area is 145 Å². The Balaban J connectivity index is 2.46. The van der Waals surface area contributed by atoms with Crippen molar-refractivity contribution in [2.75, 3.05) is 0 Å². The van der Waals surface area contributed by atoms with E-state index in [1.165, 1.54) is 13.8 Å². The molecule has 8 nitrogen and oxygen atoms in total. The number of ether oxygens (including phenoxy) is 3. The summed E-state index contributed by atoms with van der Waals surface area (Å²) in [6.07, 6.45) is -3.69. The van der Waals surface area contributed by atoms with E-state index in [1.807, 2.05) is 30.3 Å². The Morgan fingerprint density at radius 2 is 1.64 bits per heavy atom. The summed E-state index contributed by atoms with van der Waals surface area (Å²) in [6, 6.07) is 9.27. The van der Waals surface area contributed by atoms with E-state index in [0.717, 1.165) is 5.56 Å². The van der Waals surface area contributed by atoms with Gasteiger partial charge < -0.3 is 24.2 Å². The molecule has 2 atom stereocenters. The number of hydrogen-bond acceptors (Lipinski definition) is 7. The van der Waals surface area contributed by atoms with Crippen LogP contribution in [0.2, 0.25) is 0 Å². The van der Waals surface area contributed by atoms with Crippen LogP contribution < -0.4 is 0 Å². The molecule has 1 aromatic rings. The second-order valence-electron chi connectivity index (χ2n) is 5.53. The van der Waals surface area contributed by atoms with E-state index >= 15 is 0 Å². The molecular formula is C17H22O8. The van der Waals surface area contributed by atoms with Crippen molar-refractivity contribution in [3.05, 3.63) is 48.2 Å². The van der Waals surface area contributed by atoms with Crippen molar-refractivity contribution >= 4 is 12.1 Å². The predicted octanol–water partition coefficient (Wildman–Crippen LogP) is 3.33. The van der Waals surface area contributed by atoms with E-state index in [4.69, 9.17) is 24.4 Å². The lowest BCUT2D eigenvalue weighted by atomic mass is 9.99. The SMILES string of the molecule is C=C(OOC(C)(C)c1ccccc1)C(=O)OC(C)OC(C)OC(=O)O. The molecule has 0 aliphatic rings. The van der Waals surface area contributed by atoms with Gasteiger partial charge >= 0.3 is 12.1 Å². The van der Waals surface area contributed by atoms with Crippen LogP contribution in [0, 0.1) is 0 Å². The van der Waals surface area contributed by atoms with Gasteiger partial charge in [-0.1, -0.05) is 30.3 Å². The van der Waals surface area contributed by atoms with Crippen LogP contribution in [0.25, 0.3) is 0 Å². The molecule has 0 heterocycles. The molecular weight excluding hydrogens is 332 g/mol. The summed E-state index contributed by atoms with van der Waals surface area (Å²) in [6.45, 7) is 9.69. The van der Waals surface area contributed by atoms with Crippen molar-refractivity contribution in [2.45, 2.75) is 45.9 Å². The molecule has 0 aliphatic heterocycles. The Morgan fingerprint density at radius 1 is 1.08 bits per heavy atom. The highest BCUT2D eigenvalue weighted by atomic mass is 17.2. The second kappa shape index (κ2) is 9.05. The van der Waals surface area contributed by atoms with Gasteiger partial charge in [-0.2, -0.15) is 4.89 Å². The van der Waals surface area contributed by atoms with Crippen LogP contribution in [-0.2, 0) is 34.4 Å². The van der Waals surface area contributed by atoms with Gasteiger partial charge in [0.25, 0.3) is 0 Å². The van der Waals surface area contributed by atoms with E-state index in [0.29, 0.717) is 0 Å². The van der Waals surface area contributed by atoms with Gasteiger partial charge in [0.15, 0.2) is 0 Å². The minimum absolute atomic E-state index is 0.383. The molecule has 8 heteroatoms. The third kappa shape index (κ3) is 7.23. The number of esters is 1. The first kappa shape index (κ1) is 20.5. The fourth-order valence-corrected chi connectivity index (χ4v) is 1.76. The standard InChI is InChI=1S/C17H22O8/c1-11(15(18)22-12(2)21-13(3)23-16(19)20)24-25-17(4,5)14-9-7-6-8-10-14/h6-10,12-13H,1H2,2-5H3,(H,19,20). The monoisotopic (exact) mass is 354 g/mol. The zero-order chi connectivity index (χ0) is 19.0. The maximum absolute atomic E-state index is 11.8. The fraction of sp³-hybridized carbons (Fsp3) is 0.412. The minimum Gasteiger partial charge on any atom is -0.450 e. The van der Waals surface area contributed by atoms with Crippen LogP contribution in [-0.4, -0.2) is 29.8 Å². The number of rotatable bonds is 9. The van der Waals surface area contributed by atoms with Crippen molar-refractivity contribution in [2.24, 2.45) is 0 Å². The third-order valence-corrected chi connectivity index (χ3v) is 2.97. The topological polar surface area (TPSA) is 101 Å². The fourth-order valence-electron chi connectivity index (χ4n) is 1.76. The summed E-state index contributed by atoms with van der Waals surface area (Å²) >= 11 is 0. The molecule has 0 fully saturated rings. The molecule has 25 heavy (non-hydrogen) atoms. The largest absolute Gasteiger partial charge is 0.508 e. The molecule has 0 radical (unpaired) electrons. The molecule has 138 valence electrons. The summed E-state index contributed by atoms with van der Waals surface area (Å²) in [5.41, 5.74) is 0.0173. The van der Waals surface area contributed by atoms with Gasteiger partial charge in [0.1, 0.15) is 5.60 Å². The third-order valence-electron chi connectivity index (χ3n) is 2.97. The molecule has 0 saturated heterocycles. The predicted molar refractivity (Wildman–Crippen MR) is 86.0 cm³/mol. The first-order valence-corrected chi connectivity index (χ1v) is 7.48. The normalized spacial score (nSPS) is 13.4. The highest BCUT2D eigenvalue weighted by molar-refractivity contribution is 5.85. The van der Waals surface area contributed by atoms with Gasteiger partial charge in [-0.05, 0) is 39.8 Å². The number of hydrogen-bond donors (Lipinski definition) is 1. The van der Waals surface area contributed by atoms with Crippen LogP contribution in [0.1, 0.15) is 33.3 Å². The number of carbonyl (C=O) groups is 2. The van der Waals surface area contributed by atoms with Crippen molar-refractivity contribution in [1.82, 2.24) is 0 Å². The summed E-state index contributed by atoms with van der Waals surface area (Å²) < 4.78 is 14.2. The minimum atomic E-state index is -1.50. The molecule has 2 unspecified atom stereocenters. The number of benzene rings is 1. The molecule has 1 aromatic carbocycles. The lowest BCUT2D eigenvalue weighted by molar-refractivity contribution is -0.332. The highest BCUT2D eigenvalue weighted by Gasteiger charge is 2.26. The van der Waals surface area contributed by atoms with E-state index in [2.05, 4.69) is 11.3 Å². The van der Waals surface area contributed by atoms with Gasteiger partial charge in [-0.3, -0.25) is 0 Å². The summed E-state index contributed by atoms with van der Waals surface area (Å²) in [4.78, 5) is 32.4. The highest BCUT2D eigenvalue weighted by Crippen LogP contribution is 2.25. The molecule has 0 aliphatic carbocycles. The quantitative estimate of drug-likeness (QED) is 0.180. The van der Waals surface area contributed by atoms with E-state index in [9.17, 15) is 9.59 Å². The lowest BCUT2D eigenvalue weighted by Crippen LogP contribution is -2.28. The van der Waals surface area contributed by atoms with E-state index in [-0.39, 0.29) is 5.76 Å². The zero-order valence-electron chi connectivity index (χ0n) is 14.6. The van der Waals surface area contributed by atoms with Gasteiger partial charge in [0.05, 0.1) is 0 Å². The van der Waals surface area contributed by atoms with Gasteiger partial charge in [-0.25, -0.2) is 9.59 Å². The molecule has 0 saturated carbocycles. The Bertz CT molecular complexity index is 596. The Morgan fingerprint density at radius 3 is 2.20 bits per heavy atom. The van der Waals surface area contributed by atoms with Crippen LogP contribution in [0.3, 0.4) is 0 Å². The maximum atomic E-state index is 11.8. The molecule has 1 N–H and O–H groups in total. The van der Waals surface area contributed by atoms with Gasteiger partial charge in [0.2, 0.25) is 18.3 Å². The lowest BCUT2D eigenvalue weighted by Gasteiger charge is -2.24. The zero-order valence-corrected chi connectivity index (χ0v) is 14.6. The molecule has 0 amide bonds. The summed E-state index contributed by atoms with van der Waals surface area (Å²) in [7, 11) is 0. The first-order chi connectivity index (χ1) is 11.6. The van der Waals surface area contributed by atoms with Crippen LogP contribution in [0.4, 0.5) is 4.79 Å². The molecule has 0 aromatic heterocycles. The maximum Gasteiger partial charge on any atom is 0.508 e. The van der Waals surface area contributed by atoms with Crippen LogP contribution in [0.5, 0.6) is 0 Å². The Kier molecular flexibility index (Phi) is 7.41. The Hall–Kier alpha value is -2.58. The smallest absolute Gasteiger partial charge is 0.450 e. The van der Waals surface area contributed by atoms with Crippen molar-refractivity contribution in [3.8, 4) is 0 Å². The average molecular weight is 354 g/mol. The number of carboxylic acid groups (broad SMARTS) is 1. The van der Waals surface area contributed by atoms with Crippen LogP contribution >= 0.6 is 0 Å². The first-order valence-electron chi connectivity index (χ1n) is 7.48. The molecule has 0 spiro atoms.